The lowest BCUT2D eigenvalue weighted by molar-refractivity contribution is -0.114. The van der Waals surface area contributed by atoms with Gasteiger partial charge in [-0.15, -0.1) is 0 Å². The summed E-state index contributed by atoms with van der Waals surface area (Å²) >= 11 is 0. The lowest BCUT2D eigenvalue weighted by atomic mass is 10.3. The van der Waals surface area contributed by atoms with Crippen LogP contribution >= 0.6 is 0 Å². The molecule has 0 saturated heterocycles. The van der Waals surface area contributed by atoms with Crippen molar-refractivity contribution in [2.45, 2.75) is 6.92 Å². The Bertz CT molecular complexity index is 735. The molecule has 0 saturated carbocycles. The van der Waals surface area contributed by atoms with Gasteiger partial charge < -0.3 is 25.4 Å². The molecule has 0 radical (unpaired) electrons. The summed E-state index contributed by atoms with van der Waals surface area (Å²) in [6.07, 6.45) is 0. The molecular weight excluding hydrogens is 344 g/mol. The Morgan fingerprint density at radius 2 is 1.56 bits per heavy atom. The van der Waals surface area contributed by atoms with Crippen molar-refractivity contribution in [3.05, 3.63) is 54.6 Å². The zero-order valence-electron chi connectivity index (χ0n) is 15.7. The maximum atomic E-state index is 11.1. The second-order valence-electron chi connectivity index (χ2n) is 5.64. The molecule has 0 unspecified atom stereocenters. The first kappa shape index (κ1) is 20.1. The van der Waals surface area contributed by atoms with Gasteiger partial charge >= 0.3 is 0 Å². The number of nitrogens with one attached hydrogen (secondary N) is 3. The number of amides is 1. The van der Waals surface area contributed by atoms with E-state index in [0.29, 0.717) is 43.7 Å². The van der Waals surface area contributed by atoms with Crippen molar-refractivity contribution in [2.24, 2.45) is 4.99 Å². The molecule has 0 aliphatic rings. The molecule has 3 N–H and O–H groups in total. The minimum atomic E-state index is -0.111. The van der Waals surface area contributed by atoms with Crippen molar-refractivity contribution >= 4 is 17.6 Å². The van der Waals surface area contributed by atoms with Gasteiger partial charge in [-0.05, 0) is 24.3 Å². The number of carbonyl (C=O) groups is 1. The third-order valence-corrected chi connectivity index (χ3v) is 3.45. The van der Waals surface area contributed by atoms with Crippen LogP contribution in [0.15, 0.2) is 59.6 Å². The first-order valence-corrected chi connectivity index (χ1v) is 8.80. The number of anilines is 1. The summed E-state index contributed by atoms with van der Waals surface area (Å²) in [6, 6.07) is 17.0. The normalized spacial score (nSPS) is 10.8. The number of aliphatic imine (C=N–C) groups is 1. The molecule has 0 atom stereocenters. The van der Waals surface area contributed by atoms with E-state index >= 15 is 0 Å². The summed E-state index contributed by atoms with van der Waals surface area (Å²) < 4.78 is 11.3. The van der Waals surface area contributed by atoms with E-state index in [1.165, 1.54) is 6.92 Å². The maximum Gasteiger partial charge on any atom is 0.221 e. The van der Waals surface area contributed by atoms with Crippen LogP contribution in [0.3, 0.4) is 0 Å². The Hall–Kier alpha value is -3.22. The highest BCUT2D eigenvalue weighted by molar-refractivity contribution is 5.88. The molecule has 7 nitrogen and oxygen atoms in total. The number of hydrogen-bond donors (Lipinski definition) is 3. The number of rotatable bonds is 9. The number of benzene rings is 2. The Kier molecular flexibility index (Phi) is 8.49. The number of hydrogen-bond acceptors (Lipinski definition) is 4. The molecule has 0 fully saturated rings. The molecule has 0 spiro atoms. The molecule has 2 aromatic carbocycles. The van der Waals surface area contributed by atoms with Crippen LogP contribution in [-0.4, -0.2) is 45.2 Å². The number of ether oxygens (including phenoxy) is 2. The van der Waals surface area contributed by atoms with Gasteiger partial charge in [-0.1, -0.05) is 24.3 Å². The standard InChI is InChI=1S/C20H26N4O3/c1-16(25)24-17-7-6-10-19(15-17)27-14-12-23-20(21-2)22-11-13-26-18-8-4-3-5-9-18/h3-10,15H,11-14H2,1-2H3,(H,24,25)(H2,21,22,23). The second kappa shape index (κ2) is 11.4. The topological polar surface area (TPSA) is 84.0 Å². The van der Waals surface area contributed by atoms with E-state index in [4.69, 9.17) is 9.47 Å². The van der Waals surface area contributed by atoms with Crippen LogP contribution in [0.2, 0.25) is 0 Å². The van der Waals surface area contributed by atoms with E-state index in [1.807, 2.05) is 48.5 Å². The molecule has 0 heterocycles. The first-order chi connectivity index (χ1) is 13.2. The van der Waals surface area contributed by atoms with Gasteiger partial charge in [0.15, 0.2) is 5.96 Å². The highest BCUT2D eigenvalue weighted by Gasteiger charge is 2.00. The lowest BCUT2D eigenvalue weighted by Gasteiger charge is -2.13. The van der Waals surface area contributed by atoms with Gasteiger partial charge in [0.1, 0.15) is 24.7 Å². The number of carbonyl (C=O) groups excluding carboxylic acids is 1. The highest BCUT2D eigenvalue weighted by atomic mass is 16.5. The molecule has 2 rings (SSSR count). The molecule has 2 aromatic rings. The zero-order chi connectivity index (χ0) is 19.3. The number of para-hydroxylation sites is 1. The number of nitrogens with zero attached hydrogens (tertiary/aromatic N) is 1. The maximum absolute atomic E-state index is 11.1. The predicted molar refractivity (Wildman–Crippen MR) is 108 cm³/mol. The van der Waals surface area contributed by atoms with Crippen molar-refractivity contribution in [1.29, 1.82) is 0 Å². The van der Waals surface area contributed by atoms with Crippen LogP contribution in [0.5, 0.6) is 11.5 Å². The van der Waals surface area contributed by atoms with Crippen LogP contribution in [0.4, 0.5) is 5.69 Å². The number of guanidine groups is 1. The summed E-state index contributed by atoms with van der Waals surface area (Å²) in [6.45, 7) is 3.70. The van der Waals surface area contributed by atoms with Crippen molar-refractivity contribution in [3.8, 4) is 11.5 Å². The van der Waals surface area contributed by atoms with Crippen molar-refractivity contribution in [1.82, 2.24) is 10.6 Å². The Morgan fingerprint density at radius 1 is 0.926 bits per heavy atom. The summed E-state index contributed by atoms with van der Waals surface area (Å²) in [5.74, 6) is 2.11. The van der Waals surface area contributed by atoms with Gasteiger partial charge in [0.2, 0.25) is 5.91 Å². The third-order valence-electron chi connectivity index (χ3n) is 3.45. The molecule has 0 aliphatic carbocycles. The van der Waals surface area contributed by atoms with Crippen molar-refractivity contribution in [2.75, 3.05) is 38.7 Å². The average Bonchev–Trinajstić information content (AvgIpc) is 2.67. The fraction of sp³-hybridized carbons (Fsp3) is 0.300. The fourth-order valence-corrected chi connectivity index (χ4v) is 2.28. The van der Waals surface area contributed by atoms with Crippen molar-refractivity contribution in [3.63, 3.8) is 0 Å². The minimum absolute atomic E-state index is 0.111. The summed E-state index contributed by atoms with van der Waals surface area (Å²) in [4.78, 5) is 15.3. The predicted octanol–water partition coefficient (Wildman–Crippen LogP) is 2.27. The van der Waals surface area contributed by atoms with Crippen LogP contribution in [-0.2, 0) is 4.79 Å². The third kappa shape index (κ3) is 8.13. The first-order valence-electron chi connectivity index (χ1n) is 8.80. The van der Waals surface area contributed by atoms with E-state index < -0.39 is 0 Å². The van der Waals surface area contributed by atoms with E-state index in [9.17, 15) is 4.79 Å². The van der Waals surface area contributed by atoms with Gasteiger partial charge in [0.25, 0.3) is 0 Å². The largest absolute Gasteiger partial charge is 0.492 e. The van der Waals surface area contributed by atoms with Gasteiger partial charge in [-0.2, -0.15) is 0 Å². The zero-order valence-corrected chi connectivity index (χ0v) is 15.7. The van der Waals surface area contributed by atoms with Crippen LogP contribution in [0.1, 0.15) is 6.92 Å². The monoisotopic (exact) mass is 370 g/mol. The second-order valence-corrected chi connectivity index (χ2v) is 5.64. The lowest BCUT2D eigenvalue weighted by Crippen LogP contribution is -2.40. The van der Waals surface area contributed by atoms with E-state index in [-0.39, 0.29) is 5.91 Å². The van der Waals surface area contributed by atoms with Gasteiger partial charge in [-0.3, -0.25) is 9.79 Å². The summed E-state index contributed by atoms with van der Waals surface area (Å²) in [5, 5.41) is 9.08. The van der Waals surface area contributed by atoms with Crippen LogP contribution in [0.25, 0.3) is 0 Å². The molecular formula is C20H26N4O3. The molecule has 0 aliphatic heterocycles. The van der Waals surface area contributed by atoms with E-state index in [2.05, 4.69) is 20.9 Å². The van der Waals surface area contributed by atoms with Gasteiger partial charge in [0, 0.05) is 25.7 Å². The smallest absolute Gasteiger partial charge is 0.221 e. The summed E-state index contributed by atoms with van der Waals surface area (Å²) in [5.41, 5.74) is 0.712. The molecule has 1 amide bonds. The van der Waals surface area contributed by atoms with Crippen LogP contribution in [0, 0.1) is 0 Å². The average molecular weight is 370 g/mol. The molecule has 0 aromatic heterocycles. The van der Waals surface area contributed by atoms with E-state index in [1.54, 1.807) is 13.1 Å². The Morgan fingerprint density at radius 3 is 2.19 bits per heavy atom. The Balaban J connectivity index is 1.62. The quantitative estimate of drug-likeness (QED) is 0.358. The van der Waals surface area contributed by atoms with E-state index in [0.717, 1.165) is 5.75 Å². The molecule has 0 bridgehead atoms. The molecule has 7 heteroatoms. The fourth-order valence-electron chi connectivity index (χ4n) is 2.28. The molecule has 144 valence electrons. The van der Waals surface area contributed by atoms with Crippen LogP contribution < -0.4 is 25.4 Å². The van der Waals surface area contributed by atoms with Crippen molar-refractivity contribution < 1.29 is 14.3 Å². The highest BCUT2D eigenvalue weighted by Crippen LogP contribution is 2.17. The SMILES string of the molecule is CN=C(NCCOc1ccccc1)NCCOc1cccc(NC(C)=O)c1. The Labute approximate surface area is 159 Å². The van der Waals surface area contributed by atoms with Gasteiger partial charge in [0.05, 0.1) is 13.1 Å². The molecule has 27 heavy (non-hydrogen) atoms. The van der Waals surface area contributed by atoms with Gasteiger partial charge in [-0.25, -0.2) is 0 Å². The summed E-state index contributed by atoms with van der Waals surface area (Å²) in [7, 11) is 1.71. The minimum Gasteiger partial charge on any atom is -0.492 e.